The lowest BCUT2D eigenvalue weighted by molar-refractivity contribution is 0.0862. The number of piperidine rings is 1. The van der Waals surface area contributed by atoms with Gasteiger partial charge in [-0.3, -0.25) is 9.59 Å². The third-order valence-corrected chi connectivity index (χ3v) is 3.41. The van der Waals surface area contributed by atoms with Gasteiger partial charge in [0.05, 0.1) is 0 Å². The zero-order valence-corrected chi connectivity index (χ0v) is 10.2. The fourth-order valence-corrected chi connectivity index (χ4v) is 2.32. The van der Waals surface area contributed by atoms with Crippen molar-refractivity contribution in [1.29, 1.82) is 0 Å². The summed E-state index contributed by atoms with van der Waals surface area (Å²) >= 11 is 5.40. The Kier molecular flexibility index (Phi) is 3.79. The van der Waals surface area contributed by atoms with Crippen LogP contribution in [-0.2, 0) is 0 Å². The van der Waals surface area contributed by atoms with E-state index in [2.05, 4.69) is 0 Å². The van der Waals surface area contributed by atoms with Crippen LogP contribution >= 0.6 is 11.6 Å². The molecule has 90 valence electrons. The third kappa shape index (κ3) is 2.86. The lowest BCUT2D eigenvalue weighted by atomic mass is 9.89. The van der Waals surface area contributed by atoms with Crippen LogP contribution in [0.4, 0.5) is 4.79 Å². The van der Waals surface area contributed by atoms with Crippen molar-refractivity contribution < 1.29 is 9.59 Å². The van der Waals surface area contributed by atoms with Gasteiger partial charge in [-0.05, 0) is 24.4 Å². The van der Waals surface area contributed by atoms with Crippen LogP contribution in [0.2, 0.25) is 0 Å². The standard InChI is InChI=1S/C13H14ClNO2/c14-13(17)15-8-6-11(7-9-15)12(16)10-4-2-1-3-5-10/h1-5,11H,6-9H2. The van der Waals surface area contributed by atoms with Crippen molar-refractivity contribution in [3.63, 3.8) is 0 Å². The Morgan fingerprint density at radius 1 is 1.12 bits per heavy atom. The van der Waals surface area contributed by atoms with Crippen LogP contribution in [0.3, 0.4) is 0 Å². The first-order chi connectivity index (χ1) is 8.18. The molecule has 1 aromatic rings. The van der Waals surface area contributed by atoms with E-state index in [0.29, 0.717) is 25.9 Å². The van der Waals surface area contributed by atoms with E-state index < -0.39 is 5.37 Å². The topological polar surface area (TPSA) is 37.4 Å². The number of halogens is 1. The number of carbonyl (C=O) groups excluding carboxylic acids is 2. The molecule has 0 N–H and O–H groups in total. The van der Waals surface area contributed by atoms with Gasteiger partial charge >= 0.3 is 5.37 Å². The molecule has 0 saturated carbocycles. The van der Waals surface area contributed by atoms with Gasteiger partial charge in [0.1, 0.15) is 0 Å². The summed E-state index contributed by atoms with van der Waals surface area (Å²) in [6.07, 6.45) is 1.40. The van der Waals surface area contributed by atoms with Crippen LogP contribution in [0.1, 0.15) is 23.2 Å². The smallest absolute Gasteiger partial charge is 0.316 e. The first kappa shape index (κ1) is 12.1. The lowest BCUT2D eigenvalue weighted by Gasteiger charge is -2.29. The summed E-state index contributed by atoms with van der Waals surface area (Å²) < 4.78 is 0. The second-order valence-corrected chi connectivity index (χ2v) is 4.57. The average molecular weight is 252 g/mol. The van der Waals surface area contributed by atoms with Crippen molar-refractivity contribution in [3.8, 4) is 0 Å². The van der Waals surface area contributed by atoms with Crippen molar-refractivity contribution in [2.24, 2.45) is 5.92 Å². The van der Waals surface area contributed by atoms with Crippen LogP contribution in [0, 0.1) is 5.92 Å². The second kappa shape index (κ2) is 5.32. The van der Waals surface area contributed by atoms with E-state index in [4.69, 9.17) is 11.6 Å². The van der Waals surface area contributed by atoms with Gasteiger partial charge in [0.2, 0.25) is 0 Å². The van der Waals surface area contributed by atoms with E-state index in [-0.39, 0.29) is 11.7 Å². The van der Waals surface area contributed by atoms with Crippen molar-refractivity contribution in [3.05, 3.63) is 35.9 Å². The summed E-state index contributed by atoms with van der Waals surface area (Å²) in [6.45, 7) is 1.15. The molecule has 0 unspecified atom stereocenters. The predicted octanol–water partition coefficient (Wildman–Crippen LogP) is 2.94. The van der Waals surface area contributed by atoms with Crippen LogP contribution in [-0.4, -0.2) is 29.1 Å². The van der Waals surface area contributed by atoms with E-state index in [1.54, 1.807) is 4.90 Å². The first-order valence-corrected chi connectivity index (χ1v) is 6.10. The highest BCUT2D eigenvalue weighted by atomic mass is 35.5. The highest BCUT2D eigenvalue weighted by Crippen LogP contribution is 2.22. The minimum Gasteiger partial charge on any atom is -0.329 e. The molecule has 0 spiro atoms. The van der Waals surface area contributed by atoms with E-state index in [9.17, 15) is 9.59 Å². The molecule has 1 aromatic carbocycles. The molecule has 4 heteroatoms. The van der Waals surface area contributed by atoms with Gasteiger partial charge in [-0.15, -0.1) is 0 Å². The molecule has 0 aromatic heterocycles. The number of carbonyl (C=O) groups is 2. The Morgan fingerprint density at radius 2 is 1.71 bits per heavy atom. The number of hydrogen-bond donors (Lipinski definition) is 0. The SMILES string of the molecule is O=C(c1ccccc1)C1CCN(C(=O)Cl)CC1. The Balaban J connectivity index is 1.98. The molecule has 1 aliphatic rings. The summed E-state index contributed by atoms with van der Waals surface area (Å²) in [5, 5.41) is -0.421. The maximum absolute atomic E-state index is 12.1. The van der Waals surface area contributed by atoms with Crippen LogP contribution in [0.5, 0.6) is 0 Å². The Bertz CT molecular complexity index is 411. The van der Waals surface area contributed by atoms with Gasteiger partial charge in [0.15, 0.2) is 5.78 Å². The molecule has 17 heavy (non-hydrogen) atoms. The number of rotatable bonds is 2. The van der Waals surface area contributed by atoms with Gasteiger partial charge in [0.25, 0.3) is 0 Å². The molecule has 1 aliphatic heterocycles. The number of benzene rings is 1. The number of ketones is 1. The second-order valence-electron chi connectivity index (χ2n) is 4.24. The van der Waals surface area contributed by atoms with E-state index in [0.717, 1.165) is 5.56 Å². The summed E-state index contributed by atoms with van der Waals surface area (Å²) in [5.74, 6) is 0.192. The zero-order valence-electron chi connectivity index (χ0n) is 9.43. The first-order valence-electron chi connectivity index (χ1n) is 5.72. The average Bonchev–Trinajstić information content (AvgIpc) is 2.39. The minimum atomic E-state index is -0.421. The highest BCUT2D eigenvalue weighted by molar-refractivity contribution is 6.62. The molecule has 1 heterocycles. The number of hydrogen-bond acceptors (Lipinski definition) is 2. The summed E-state index contributed by atoms with van der Waals surface area (Å²) in [7, 11) is 0. The number of nitrogens with zero attached hydrogens (tertiary/aromatic N) is 1. The fourth-order valence-electron chi connectivity index (χ4n) is 2.16. The van der Waals surface area contributed by atoms with Gasteiger partial charge < -0.3 is 4.90 Å². The molecule has 3 nitrogen and oxygen atoms in total. The summed E-state index contributed by atoms with van der Waals surface area (Å²) in [4.78, 5) is 24.7. The van der Waals surface area contributed by atoms with Crippen molar-refractivity contribution in [2.75, 3.05) is 13.1 Å². The predicted molar refractivity (Wildman–Crippen MR) is 66.3 cm³/mol. The third-order valence-electron chi connectivity index (χ3n) is 3.17. The van der Waals surface area contributed by atoms with Gasteiger partial charge in [0, 0.05) is 24.6 Å². The molecular weight excluding hydrogens is 238 g/mol. The molecule has 0 bridgehead atoms. The maximum Gasteiger partial charge on any atom is 0.316 e. The van der Waals surface area contributed by atoms with Gasteiger partial charge in [-0.1, -0.05) is 30.3 Å². The van der Waals surface area contributed by atoms with Crippen molar-refractivity contribution in [2.45, 2.75) is 12.8 Å². The molecule has 0 radical (unpaired) electrons. The van der Waals surface area contributed by atoms with Gasteiger partial charge in [-0.25, -0.2) is 0 Å². The van der Waals surface area contributed by atoms with E-state index >= 15 is 0 Å². The molecule has 2 rings (SSSR count). The van der Waals surface area contributed by atoms with Crippen LogP contribution in [0.25, 0.3) is 0 Å². The van der Waals surface area contributed by atoms with Crippen LogP contribution < -0.4 is 0 Å². The molecule has 1 saturated heterocycles. The highest BCUT2D eigenvalue weighted by Gasteiger charge is 2.27. The largest absolute Gasteiger partial charge is 0.329 e. The molecule has 0 aliphatic carbocycles. The van der Waals surface area contributed by atoms with E-state index in [1.807, 2.05) is 30.3 Å². The van der Waals surface area contributed by atoms with Crippen molar-refractivity contribution in [1.82, 2.24) is 4.90 Å². The van der Waals surface area contributed by atoms with Crippen molar-refractivity contribution >= 4 is 22.8 Å². The Labute approximate surface area is 105 Å². The number of likely N-dealkylation sites (tertiary alicyclic amines) is 1. The molecular formula is C13H14ClNO2. The fraction of sp³-hybridized carbons (Fsp3) is 0.385. The van der Waals surface area contributed by atoms with Gasteiger partial charge in [-0.2, -0.15) is 0 Å². The maximum atomic E-state index is 12.1. The zero-order chi connectivity index (χ0) is 12.3. The summed E-state index contributed by atoms with van der Waals surface area (Å²) in [6, 6.07) is 9.30. The Hall–Kier alpha value is -1.35. The minimum absolute atomic E-state index is 0.0182. The lowest BCUT2D eigenvalue weighted by Crippen LogP contribution is -2.37. The normalized spacial score (nSPS) is 16.9. The monoisotopic (exact) mass is 251 g/mol. The Morgan fingerprint density at radius 3 is 2.24 bits per heavy atom. The quantitative estimate of drug-likeness (QED) is 0.460. The molecule has 1 fully saturated rings. The summed E-state index contributed by atoms with van der Waals surface area (Å²) in [5.41, 5.74) is 0.753. The molecule has 0 atom stereocenters. The number of amides is 1. The number of Topliss-reactive ketones (excluding diaryl/α,β-unsaturated/α-hetero) is 1. The van der Waals surface area contributed by atoms with Crippen LogP contribution in [0.15, 0.2) is 30.3 Å². The van der Waals surface area contributed by atoms with E-state index in [1.165, 1.54) is 0 Å². The molecule has 1 amide bonds.